The highest BCUT2D eigenvalue weighted by molar-refractivity contribution is 6.01. The van der Waals surface area contributed by atoms with Crippen LogP contribution < -0.4 is 4.90 Å². The fourth-order valence-electron chi connectivity index (χ4n) is 3.17. The van der Waals surface area contributed by atoms with Crippen LogP contribution >= 0.6 is 0 Å². The van der Waals surface area contributed by atoms with E-state index in [2.05, 4.69) is 67.3 Å². The van der Waals surface area contributed by atoms with Gasteiger partial charge in [-0.25, -0.2) is 0 Å². The summed E-state index contributed by atoms with van der Waals surface area (Å²) in [4.78, 5) is 2.31. The molecule has 0 atom stereocenters. The summed E-state index contributed by atoms with van der Waals surface area (Å²) in [5.74, 6) is 0. The smallest absolute Gasteiger partial charge is 0.0998 e. The van der Waals surface area contributed by atoms with Crippen molar-refractivity contribution in [3.8, 4) is 6.07 Å². The number of hydrogen-bond acceptors (Lipinski definition) is 2. The maximum atomic E-state index is 9.69. The van der Waals surface area contributed by atoms with Gasteiger partial charge in [0, 0.05) is 24.3 Å². The molecule has 0 N–H and O–H groups in total. The van der Waals surface area contributed by atoms with E-state index in [-0.39, 0.29) is 0 Å². The second-order valence-electron chi connectivity index (χ2n) is 5.96. The minimum Gasteiger partial charge on any atom is -0.372 e. The summed E-state index contributed by atoms with van der Waals surface area (Å²) in [6.45, 7) is 6.30. The van der Waals surface area contributed by atoms with Crippen LogP contribution in [-0.2, 0) is 0 Å². The Labute approximate surface area is 149 Å². The SMILES string of the molecule is CCN(CC)c1ccc(/C=C(/C#N)c2cccc3ccccc23)cc1. The van der Waals surface area contributed by atoms with Gasteiger partial charge in [-0.15, -0.1) is 0 Å². The molecule has 124 valence electrons. The Morgan fingerprint density at radius 3 is 2.28 bits per heavy atom. The Morgan fingerprint density at radius 1 is 0.920 bits per heavy atom. The quantitative estimate of drug-likeness (QED) is 0.441. The number of rotatable bonds is 5. The number of benzene rings is 3. The number of nitrogens with zero attached hydrogens (tertiary/aromatic N) is 2. The minimum absolute atomic E-state index is 0.687. The van der Waals surface area contributed by atoms with Gasteiger partial charge in [0.2, 0.25) is 0 Å². The summed E-state index contributed by atoms with van der Waals surface area (Å²) in [5.41, 5.74) is 3.92. The number of anilines is 1. The van der Waals surface area contributed by atoms with Crippen molar-refractivity contribution in [3.05, 3.63) is 77.9 Å². The molecular weight excluding hydrogens is 304 g/mol. The van der Waals surface area contributed by atoms with Crippen LogP contribution in [0.15, 0.2) is 66.7 Å². The van der Waals surface area contributed by atoms with Crippen LogP contribution in [0.5, 0.6) is 0 Å². The Balaban J connectivity index is 1.99. The molecule has 2 heteroatoms. The predicted molar refractivity (Wildman–Crippen MR) is 107 cm³/mol. The fraction of sp³-hybridized carbons (Fsp3) is 0.174. The minimum atomic E-state index is 0.687. The molecule has 0 saturated carbocycles. The second kappa shape index (κ2) is 7.68. The van der Waals surface area contributed by atoms with Crippen molar-refractivity contribution >= 4 is 28.1 Å². The number of fused-ring (bicyclic) bond motifs is 1. The lowest BCUT2D eigenvalue weighted by Crippen LogP contribution is -2.21. The number of allylic oxidation sites excluding steroid dienone is 1. The zero-order chi connectivity index (χ0) is 17.6. The van der Waals surface area contributed by atoms with Crippen LogP contribution in [0, 0.1) is 11.3 Å². The molecule has 0 aliphatic carbocycles. The third-order valence-corrected chi connectivity index (χ3v) is 4.53. The second-order valence-corrected chi connectivity index (χ2v) is 5.96. The molecule has 0 bridgehead atoms. The monoisotopic (exact) mass is 326 g/mol. The topological polar surface area (TPSA) is 27.0 Å². The van der Waals surface area contributed by atoms with E-state index in [0.29, 0.717) is 5.57 Å². The zero-order valence-electron chi connectivity index (χ0n) is 14.7. The van der Waals surface area contributed by atoms with Crippen molar-refractivity contribution in [1.29, 1.82) is 5.26 Å². The summed E-state index contributed by atoms with van der Waals surface area (Å²) in [5, 5.41) is 12.0. The first kappa shape index (κ1) is 16.8. The Hall–Kier alpha value is -3.05. The largest absolute Gasteiger partial charge is 0.372 e. The molecule has 0 radical (unpaired) electrons. The van der Waals surface area contributed by atoms with E-state index < -0.39 is 0 Å². The molecule has 0 aromatic heterocycles. The van der Waals surface area contributed by atoms with Gasteiger partial charge in [0.15, 0.2) is 0 Å². The lowest BCUT2D eigenvalue weighted by molar-refractivity contribution is 0.866. The lowest BCUT2D eigenvalue weighted by atomic mass is 9.97. The van der Waals surface area contributed by atoms with Gasteiger partial charge in [-0.2, -0.15) is 5.26 Å². The molecule has 0 spiro atoms. The van der Waals surface area contributed by atoms with E-state index in [9.17, 15) is 5.26 Å². The molecule has 2 nitrogen and oxygen atoms in total. The molecule has 3 aromatic carbocycles. The first-order chi connectivity index (χ1) is 12.3. The highest BCUT2D eigenvalue weighted by atomic mass is 15.1. The molecule has 0 amide bonds. The Morgan fingerprint density at radius 2 is 1.60 bits per heavy atom. The van der Waals surface area contributed by atoms with Crippen molar-refractivity contribution in [3.63, 3.8) is 0 Å². The standard InChI is InChI=1S/C23H22N2/c1-3-25(4-2)21-14-12-18(13-15-21)16-20(17-24)23-11-7-9-19-8-5-6-10-22(19)23/h5-16H,3-4H2,1-2H3/b20-16-. The van der Waals surface area contributed by atoms with Crippen LogP contribution in [0.1, 0.15) is 25.0 Å². The molecule has 0 fully saturated rings. The van der Waals surface area contributed by atoms with Gasteiger partial charge in [-0.05, 0) is 48.4 Å². The van der Waals surface area contributed by atoms with Crippen LogP contribution in [0.3, 0.4) is 0 Å². The summed E-state index contributed by atoms with van der Waals surface area (Å²) >= 11 is 0. The first-order valence-electron chi connectivity index (χ1n) is 8.71. The fourth-order valence-corrected chi connectivity index (χ4v) is 3.17. The average molecular weight is 326 g/mol. The summed E-state index contributed by atoms with van der Waals surface area (Å²) in [7, 11) is 0. The Bertz CT molecular complexity index is 921. The molecule has 0 heterocycles. The van der Waals surface area contributed by atoms with Crippen LogP contribution in [-0.4, -0.2) is 13.1 Å². The molecule has 3 rings (SSSR count). The van der Waals surface area contributed by atoms with Gasteiger partial charge in [-0.1, -0.05) is 54.6 Å². The average Bonchev–Trinajstić information content (AvgIpc) is 2.68. The highest BCUT2D eigenvalue weighted by Gasteiger charge is 2.06. The van der Waals surface area contributed by atoms with Crippen LogP contribution in [0.2, 0.25) is 0 Å². The van der Waals surface area contributed by atoms with Crippen molar-refractivity contribution in [2.24, 2.45) is 0 Å². The van der Waals surface area contributed by atoms with E-state index in [0.717, 1.165) is 35.0 Å². The summed E-state index contributed by atoms with van der Waals surface area (Å²) < 4.78 is 0. The zero-order valence-corrected chi connectivity index (χ0v) is 14.7. The third kappa shape index (κ3) is 3.56. The van der Waals surface area contributed by atoms with Crippen LogP contribution in [0.4, 0.5) is 5.69 Å². The summed E-state index contributed by atoms with van der Waals surface area (Å²) in [6.07, 6.45) is 1.97. The van der Waals surface area contributed by atoms with E-state index in [4.69, 9.17) is 0 Å². The summed E-state index contributed by atoms with van der Waals surface area (Å²) in [6, 6.07) is 25.1. The van der Waals surface area contributed by atoms with E-state index in [1.54, 1.807) is 0 Å². The van der Waals surface area contributed by atoms with Gasteiger partial charge >= 0.3 is 0 Å². The van der Waals surface area contributed by atoms with Crippen molar-refractivity contribution in [1.82, 2.24) is 0 Å². The molecular formula is C23H22N2. The first-order valence-corrected chi connectivity index (χ1v) is 8.71. The maximum absolute atomic E-state index is 9.69. The third-order valence-electron chi connectivity index (χ3n) is 4.53. The van der Waals surface area contributed by atoms with E-state index >= 15 is 0 Å². The molecule has 0 saturated heterocycles. The molecule has 0 unspecified atom stereocenters. The van der Waals surface area contributed by atoms with Crippen molar-refractivity contribution in [2.45, 2.75) is 13.8 Å². The van der Waals surface area contributed by atoms with Gasteiger partial charge in [-0.3, -0.25) is 0 Å². The highest BCUT2D eigenvalue weighted by Crippen LogP contribution is 2.27. The van der Waals surface area contributed by atoms with Crippen molar-refractivity contribution in [2.75, 3.05) is 18.0 Å². The van der Waals surface area contributed by atoms with Crippen molar-refractivity contribution < 1.29 is 0 Å². The molecule has 0 aliphatic heterocycles. The number of nitriles is 1. The predicted octanol–water partition coefficient (Wildman–Crippen LogP) is 5.75. The number of hydrogen-bond donors (Lipinski definition) is 0. The van der Waals surface area contributed by atoms with Gasteiger partial charge < -0.3 is 4.90 Å². The maximum Gasteiger partial charge on any atom is 0.0998 e. The normalized spacial score (nSPS) is 11.3. The van der Waals surface area contributed by atoms with Crippen LogP contribution in [0.25, 0.3) is 22.4 Å². The molecule has 3 aromatic rings. The van der Waals surface area contributed by atoms with Gasteiger partial charge in [0.1, 0.15) is 0 Å². The molecule has 25 heavy (non-hydrogen) atoms. The van der Waals surface area contributed by atoms with Gasteiger partial charge in [0.05, 0.1) is 11.6 Å². The van der Waals surface area contributed by atoms with E-state index in [1.807, 2.05) is 30.3 Å². The van der Waals surface area contributed by atoms with E-state index in [1.165, 1.54) is 5.69 Å². The lowest BCUT2D eigenvalue weighted by Gasteiger charge is -2.20. The molecule has 0 aliphatic rings. The van der Waals surface area contributed by atoms with Gasteiger partial charge in [0.25, 0.3) is 0 Å². The Kier molecular flexibility index (Phi) is 5.16.